The monoisotopic (exact) mass is 329 g/mol. The molecule has 2 N–H and O–H groups in total. The van der Waals surface area contributed by atoms with Gasteiger partial charge in [-0.05, 0) is 44.0 Å². The van der Waals surface area contributed by atoms with Crippen LogP contribution in [0.4, 0.5) is 0 Å². The fraction of sp³-hybridized carbons (Fsp3) is 0.421. The molecule has 0 amide bonds. The second-order valence-electron chi connectivity index (χ2n) is 5.58. The lowest BCUT2D eigenvalue weighted by Gasteiger charge is -2.13. The number of aryl methyl sites for hydroxylation is 1. The Morgan fingerprint density at radius 2 is 2.08 bits per heavy atom. The van der Waals surface area contributed by atoms with Crippen molar-refractivity contribution >= 4 is 5.96 Å². The van der Waals surface area contributed by atoms with Gasteiger partial charge in [-0.15, -0.1) is 0 Å². The number of hydrogen-bond acceptors (Lipinski definition) is 3. The van der Waals surface area contributed by atoms with Gasteiger partial charge in [-0.3, -0.25) is 4.99 Å². The van der Waals surface area contributed by atoms with Crippen LogP contribution in [0.1, 0.15) is 23.8 Å². The van der Waals surface area contributed by atoms with Gasteiger partial charge in [0.05, 0.1) is 13.4 Å². The van der Waals surface area contributed by atoms with Crippen LogP contribution in [0.25, 0.3) is 0 Å². The number of methoxy groups -OCH3 is 1. The molecular weight excluding hydrogens is 302 g/mol. The summed E-state index contributed by atoms with van der Waals surface area (Å²) in [7, 11) is 1.71. The van der Waals surface area contributed by atoms with E-state index in [0.717, 1.165) is 43.4 Å². The van der Waals surface area contributed by atoms with Crippen molar-refractivity contribution in [2.24, 2.45) is 4.99 Å². The van der Waals surface area contributed by atoms with E-state index in [1.165, 1.54) is 11.1 Å². The number of hydrogen-bond donors (Lipinski definition) is 2. The van der Waals surface area contributed by atoms with Gasteiger partial charge in [-0.2, -0.15) is 0 Å². The van der Waals surface area contributed by atoms with Crippen LogP contribution in [-0.4, -0.2) is 32.7 Å². The summed E-state index contributed by atoms with van der Waals surface area (Å²) in [6.07, 6.45) is 3.38. The van der Waals surface area contributed by atoms with Crippen LogP contribution in [0.3, 0.4) is 0 Å². The largest absolute Gasteiger partial charge is 0.496 e. The molecule has 2 aromatic rings. The number of furan rings is 1. The highest BCUT2D eigenvalue weighted by Gasteiger charge is 2.04. The van der Waals surface area contributed by atoms with E-state index in [4.69, 9.17) is 9.15 Å². The highest BCUT2D eigenvalue weighted by Crippen LogP contribution is 2.19. The lowest BCUT2D eigenvalue weighted by atomic mass is 10.1. The zero-order valence-electron chi connectivity index (χ0n) is 14.8. The summed E-state index contributed by atoms with van der Waals surface area (Å²) in [5.41, 5.74) is 2.45. The Morgan fingerprint density at radius 3 is 2.79 bits per heavy atom. The first-order chi connectivity index (χ1) is 11.7. The smallest absolute Gasteiger partial charge is 0.191 e. The Morgan fingerprint density at radius 1 is 1.21 bits per heavy atom. The summed E-state index contributed by atoms with van der Waals surface area (Å²) >= 11 is 0. The van der Waals surface area contributed by atoms with Crippen LogP contribution >= 0.6 is 0 Å². The molecule has 24 heavy (non-hydrogen) atoms. The second-order valence-corrected chi connectivity index (χ2v) is 5.58. The molecule has 130 valence electrons. The maximum atomic E-state index is 5.43. The summed E-state index contributed by atoms with van der Waals surface area (Å²) < 4.78 is 10.8. The third kappa shape index (κ3) is 5.65. The van der Waals surface area contributed by atoms with Gasteiger partial charge in [0.15, 0.2) is 5.96 Å². The van der Waals surface area contributed by atoms with Gasteiger partial charge in [-0.1, -0.05) is 17.7 Å². The summed E-state index contributed by atoms with van der Waals surface area (Å²) in [5.74, 6) is 2.72. The van der Waals surface area contributed by atoms with Crippen LogP contribution in [0, 0.1) is 6.92 Å². The van der Waals surface area contributed by atoms with Crippen LogP contribution < -0.4 is 15.4 Å². The quantitative estimate of drug-likeness (QED) is 0.577. The van der Waals surface area contributed by atoms with E-state index in [1.807, 2.05) is 18.2 Å². The molecule has 0 aliphatic heterocycles. The molecular formula is C19H27N3O2. The van der Waals surface area contributed by atoms with Crippen molar-refractivity contribution in [2.75, 3.05) is 26.7 Å². The number of benzene rings is 1. The van der Waals surface area contributed by atoms with Crippen LogP contribution in [0.5, 0.6) is 5.75 Å². The van der Waals surface area contributed by atoms with Crippen LogP contribution in [0.15, 0.2) is 46.0 Å². The molecule has 5 nitrogen and oxygen atoms in total. The zero-order valence-corrected chi connectivity index (χ0v) is 14.8. The summed E-state index contributed by atoms with van der Waals surface area (Å²) in [5, 5.41) is 6.64. The molecule has 0 aliphatic carbocycles. The topological polar surface area (TPSA) is 58.8 Å². The Bertz CT molecular complexity index is 636. The Hall–Kier alpha value is -2.43. The lowest BCUT2D eigenvalue weighted by molar-refractivity contribution is 0.409. The minimum Gasteiger partial charge on any atom is -0.496 e. The number of ether oxygens (including phenoxy) is 1. The second kappa shape index (κ2) is 9.65. The van der Waals surface area contributed by atoms with Gasteiger partial charge in [0.25, 0.3) is 0 Å². The molecule has 5 heteroatoms. The molecule has 1 aromatic carbocycles. The standard InChI is InChI=1S/C19H27N3O2/c1-4-20-19(22-12-10-17-6-5-13-24-17)21-11-9-16-14-15(2)7-8-18(16)23-3/h5-8,13-14H,4,9-12H2,1-3H3,(H2,20,21,22). The SMILES string of the molecule is CCNC(=NCCc1ccco1)NCCc1cc(C)ccc1OC. The molecule has 0 bridgehead atoms. The maximum Gasteiger partial charge on any atom is 0.191 e. The predicted octanol–water partition coefficient (Wildman–Crippen LogP) is 2.94. The fourth-order valence-corrected chi connectivity index (χ4v) is 2.49. The van der Waals surface area contributed by atoms with Gasteiger partial charge in [0, 0.05) is 26.1 Å². The van der Waals surface area contributed by atoms with Gasteiger partial charge >= 0.3 is 0 Å². The van der Waals surface area contributed by atoms with E-state index in [1.54, 1.807) is 13.4 Å². The maximum absolute atomic E-state index is 5.43. The average molecular weight is 329 g/mol. The molecule has 0 saturated heterocycles. The van der Waals surface area contributed by atoms with Crippen molar-refractivity contribution in [1.82, 2.24) is 10.6 Å². The molecule has 0 fully saturated rings. The van der Waals surface area contributed by atoms with Crippen molar-refractivity contribution in [3.05, 3.63) is 53.5 Å². The molecule has 0 atom stereocenters. The normalized spacial score (nSPS) is 11.4. The molecule has 1 heterocycles. The van der Waals surface area contributed by atoms with Gasteiger partial charge in [0.2, 0.25) is 0 Å². The predicted molar refractivity (Wildman–Crippen MR) is 97.8 cm³/mol. The molecule has 0 spiro atoms. The van der Waals surface area contributed by atoms with Gasteiger partial charge < -0.3 is 19.8 Å². The number of nitrogens with one attached hydrogen (secondary N) is 2. The Labute approximate surface area is 144 Å². The van der Waals surface area contributed by atoms with E-state index in [9.17, 15) is 0 Å². The molecule has 0 unspecified atom stereocenters. The summed E-state index contributed by atoms with van der Waals surface area (Å²) in [4.78, 5) is 4.58. The summed E-state index contributed by atoms with van der Waals surface area (Å²) in [6.45, 7) is 6.48. The van der Waals surface area contributed by atoms with Crippen molar-refractivity contribution < 1.29 is 9.15 Å². The molecule has 0 radical (unpaired) electrons. The third-order valence-corrected chi connectivity index (χ3v) is 3.68. The van der Waals surface area contributed by atoms with E-state index >= 15 is 0 Å². The van der Waals surface area contributed by atoms with Crippen molar-refractivity contribution in [3.8, 4) is 5.75 Å². The minimum atomic E-state index is 0.691. The number of nitrogens with zero attached hydrogens (tertiary/aromatic N) is 1. The molecule has 2 rings (SSSR count). The highest BCUT2D eigenvalue weighted by atomic mass is 16.5. The fourth-order valence-electron chi connectivity index (χ4n) is 2.49. The first-order valence-electron chi connectivity index (χ1n) is 8.41. The van der Waals surface area contributed by atoms with Crippen molar-refractivity contribution in [1.29, 1.82) is 0 Å². The van der Waals surface area contributed by atoms with Crippen LogP contribution in [0.2, 0.25) is 0 Å². The first-order valence-corrected chi connectivity index (χ1v) is 8.41. The van der Waals surface area contributed by atoms with E-state index in [-0.39, 0.29) is 0 Å². The number of aliphatic imine (C=N–C) groups is 1. The molecule has 0 aliphatic rings. The number of rotatable bonds is 8. The number of guanidine groups is 1. The zero-order chi connectivity index (χ0) is 17.2. The lowest BCUT2D eigenvalue weighted by Crippen LogP contribution is -2.38. The van der Waals surface area contributed by atoms with Crippen molar-refractivity contribution in [3.63, 3.8) is 0 Å². The molecule has 0 saturated carbocycles. The Kier molecular flexibility index (Phi) is 7.21. The van der Waals surface area contributed by atoms with E-state index in [2.05, 4.69) is 41.6 Å². The van der Waals surface area contributed by atoms with E-state index < -0.39 is 0 Å². The first kappa shape index (κ1) is 17.9. The van der Waals surface area contributed by atoms with Gasteiger partial charge in [-0.25, -0.2) is 0 Å². The minimum absolute atomic E-state index is 0.691. The highest BCUT2D eigenvalue weighted by molar-refractivity contribution is 5.79. The third-order valence-electron chi connectivity index (χ3n) is 3.68. The van der Waals surface area contributed by atoms with Crippen LogP contribution in [-0.2, 0) is 12.8 Å². The van der Waals surface area contributed by atoms with Gasteiger partial charge in [0.1, 0.15) is 11.5 Å². The van der Waals surface area contributed by atoms with Crippen molar-refractivity contribution in [2.45, 2.75) is 26.7 Å². The summed E-state index contributed by atoms with van der Waals surface area (Å²) in [6, 6.07) is 10.1. The molecule has 1 aromatic heterocycles. The Balaban J connectivity index is 1.85. The average Bonchev–Trinajstić information content (AvgIpc) is 3.08. The van der Waals surface area contributed by atoms with E-state index in [0.29, 0.717) is 6.54 Å².